The summed E-state index contributed by atoms with van der Waals surface area (Å²) in [6.45, 7) is 11.1. The Morgan fingerprint density at radius 2 is 1.67 bits per heavy atom. The molecule has 0 heterocycles. The molecule has 24 heavy (non-hydrogen) atoms. The van der Waals surface area contributed by atoms with Crippen LogP contribution in [0, 0.1) is 6.92 Å². The Morgan fingerprint density at radius 1 is 1.00 bits per heavy atom. The van der Waals surface area contributed by atoms with E-state index < -0.39 is 0 Å². The van der Waals surface area contributed by atoms with Crippen molar-refractivity contribution in [3.05, 3.63) is 53.1 Å². The lowest BCUT2D eigenvalue weighted by atomic mass is 9.83. The third-order valence-electron chi connectivity index (χ3n) is 4.40. The van der Waals surface area contributed by atoms with Crippen LogP contribution in [-0.4, -0.2) is 0 Å². The van der Waals surface area contributed by atoms with Gasteiger partial charge in [-0.1, -0.05) is 46.6 Å². The molecule has 2 nitrogen and oxygen atoms in total. The maximum Gasteiger partial charge on any atom is 0.131 e. The second kappa shape index (κ2) is 7.74. The van der Waals surface area contributed by atoms with Crippen LogP contribution in [0.1, 0.15) is 63.6 Å². The number of hydrogen-bond acceptors (Lipinski definition) is 2. The number of aryl methyl sites for hydroxylation is 2. The summed E-state index contributed by atoms with van der Waals surface area (Å²) in [5, 5.41) is 0. The summed E-state index contributed by atoms with van der Waals surface area (Å²) in [5.41, 5.74) is 10.6. The first kappa shape index (κ1) is 18.4. The van der Waals surface area contributed by atoms with Crippen LogP contribution >= 0.6 is 0 Å². The highest BCUT2D eigenvalue weighted by Crippen LogP contribution is 2.37. The quantitative estimate of drug-likeness (QED) is 0.492. The van der Waals surface area contributed by atoms with E-state index in [0.717, 1.165) is 23.6 Å². The second-order valence-corrected chi connectivity index (χ2v) is 7.65. The van der Waals surface area contributed by atoms with Crippen molar-refractivity contribution in [2.75, 3.05) is 5.73 Å². The van der Waals surface area contributed by atoms with E-state index >= 15 is 0 Å². The van der Waals surface area contributed by atoms with Crippen molar-refractivity contribution in [2.45, 2.75) is 65.7 Å². The summed E-state index contributed by atoms with van der Waals surface area (Å²) in [4.78, 5) is 0. The fraction of sp³-hybridized carbons (Fsp3) is 0.455. The first-order chi connectivity index (χ1) is 11.3. The maximum absolute atomic E-state index is 6.20. The molecule has 0 aliphatic carbocycles. The van der Waals surface area contributed by atoms with Gasteiger partial charge in [-0.05, 0) is 66.6 Å². The average molecular weight is 325 g/mol. The minimum atomic E-state index is 0.0380. The van der Waals surface area contributed by atoms with E-state index in [1.54, 1.807) is 0 Å². The van der Waals surface area contributed by atoms with Gasteiger partial charge in [-0.15, -0.1) is 0 Å². The third kappa shape index (κ3) is 4.77. The third-order valence-corrected chi connectivity index (χ3v) is 4.40. The molecule has 0 atom stereocenters. The first-order valence-corrected chi connectivity index (χ1v) is 8.98. The zero-order valence-electron chi connectivity index (χ0n) is 15.8. The van der Waals surface area contributed by atoms with Crippen LogP contribution in [0.2, 0.25) is 0 Å². The predicted octanol–water partition coefficient (Wildman–Crippen LogP) is 6.40. The molecule has 0 saturated carbocycles. The Hall–Kier alpha value is -1.96. The Bertz CT molecular complexity index is 666. The number of rotatable bonds is 6. The van der Waals surface area contributed by atoms with Gasteiger partial charge in [0.25, 0.3) is 0 Å². The van der Waals surface area contributed by atoms with E-state index in [1.165, 1.54) is 36.0 Å². The van der Waals surface area contributed by atoms with E-state index in [9.17, 15) is 0 Å². The Kier molecular flexibility index (Phi) is 5.93. The molecule has 2 aromatic rings. The van der Waals surface area contributed by atoms with Gasteiger partial charge in [-0.25, -0.2) is 0 Å². The highest BCUT2D eigenvalue weighted by Gasteiger charge is 2.21. The molecule has 0 spiro atoms. The van der Waals surface area contributed by atoms with E-state index in [1.807, 2.05) is 24.3 Å². The maximum atomic E-state index is 6.20. The molecule has 0 unspecified atom stereocenters. The van der Waals surface area contributed by atoms with Gasteiger partial charge in [0.15, 0.2) is 0 Å². The van der Waals surface area contributed by atoms with Crippen LogP contribution < -0.4 is 10.5 Å². The Morgan fingerprint density at radius 3 is 2.25 bits per heavy atom. The summed E-state index contributed by atoms with van der Waals surface area (Å²) in [6, 6.07) is 12.1. The van der Waals surface area contributed by atoms with Crippen LogP contribution in [0.25, 0.3) is 0 Å². The van der Waals surface area contributed by atoms with E-state index in [0.29, 0.717) is 0 Å². The monoisotopic (exact) mass is 325 g/mol. The predicted molar refractivity (Wildman–Crippen MR) is 104 cm³/mol. The molecule has 0 aliphatic rings. The summed E-state index contributed by atoms with van der Waals surface area (Å²) < 4.78 is 6.20. The van der Waals surface area contributed by atoms with Crippen molar-refractivity contribution in [3.63, 3.8) is 0 Å². The number of nitrogens with two attached hydrogens (primary N) is 1. The van der Waals surface area contributed by atoms with Crippen LogP contribution in [0.5, 0.6) is 11.5 Å². The van der Waals surface area contributed by atoms with Crippen molar-refractivity contribution in [2.24, 2.45) is 0 Å². The van der Waals surface area contributed by atoms with Gasteiger partial charge in [-0.2, -0.15) is 0 Å². The lowest BCUT2D eigenvalue weighted by Gasteiger charge is -2.25. The average Bonchev–Trinajstić information content (AvgIpc) is 2.50. The van der Waals surface area contributed by atoms with Gasteiger partial charge in [0.2, 0.25) is 0 Å². The van der Waals surface area contributed by atoms with Gasteiger partial charge in [0.1, 0.15) is 11.5 Å². The molecule has 0 aromatic heterocycles. The minimum absolute atomic E-state index is 0.0380. The van der Waals surface area contributed by atoms with Gasteiger partial charge in [-0.3, -0.25) is 0 Å². The number of anilines is 1. The fourth-order valence-electron chi connectivity index (χ4n) is 2.89. The molecule has 0 aliphatic heterocycles. The molecule has 0 saturated heterocycles. The minimum Gasteiger partial charge on any atom is -0.457 e. The van der Waals surface area contributed by atoms with E-state index in [4.69, 9.17) is 10.5 Å². The zero-order chi connectivity index (χ0) is 17.7. The number of nitrogen functional groups attached to an aromatic ring is 1. The molecular formula is C22H31NO. The Labute approximate surface area is 147 Å². The van der Waals surface area contributed by atoms with Crippen molar-refractivity contribution >= 4 is 5.69 Å². The van der Waals surface area contributed by atoms with Gasteiger partial charge in [0, 0.05) is 11.3 Å². The van der Waals surface area contributed by atoms with Crippen LogP contribution in [0.3, 0.4) is 0 Å². The highest BCUT2D eigenvalue weighted by atomic mass is 16.5. The molecular weight excluding hydrogens is 294 g/mol. The van der Waals surface area contributed by atoms with Crippen LogP contribution in [-0.2, 0) is 11.8 Å². The lowest BCUT2D eigenvalue weighted by Crippen LogP contribution is -2.14. The van der Waals surface area contributed by atoms with Crippen molar-refractivity contribution in [3.8, 4) is 11.5 Å². The number of ether oxygens (including phenoxy) is 1. The van der Waals surface area contributed by atoms with Crippen molar-refractivity contribution in [1.82, 2.24) is 0 Å². The van der Waals surface area contributed by atoms with Gasteiger partial charge < -0.3 is 10.5 Å². The SMILES string of the molecule is CCCCCc1cc(C(C)(C)C)c(Oc2ccc(N)cc2)cc1C. The number of benzene rings is 2. The molecule has 0 bridgehead atoms. The number of unbranched alkanes of at least 4 members (excludes halogenated alkanes) is 2. The van der Waals surface area contributed by atoms with E-state index in [-0.39, 0.29) is 5.41 Å². The smallest absolute Gasteiger partial charge is 0.131 e. The largest absolute Gasteiger partial charge is 0.457 e. The highest BCUT2D eigenvalue weighted by molar-refractivity contribution is 5.49. The molecule has 130 valence electrons. The molecule has 2 N–H and O–H groups in total. The molecule has 0 amide bonds. The first-order valence-electron chi connectivity index (χ1n) is 8.98. The summed E-state index contributed by atoms with van der Waals surface area (Å²) >= 11 is 0. The number of hydrogen-bond donors (Lipinski definition) is 1. The lowest BCUT2D eigenvalue weighted by molar-refractivity contribution is 0.454. The van der Waals surface area contributed by atoms with Crippen LogP contribution in [0.4, 0.5) is 5.69 Å². The Balaban J connectivity index is 2.35. The molecule has 0 fully saturated rings. The topological polar surface area (TPSA) is 35.2 Å². The van der Waals surface area contributed by atoms with Crippen molar-refractivity contribution in [1.29, 1.82) is 0 Å². The second-order valence-electron chi connectivity index (χ2n) is 7.65. The van der Waals surface area contributed by atoms with Crippen LogP contribution in [0.15, 0.2) is 36.4 Å². The van der Waals surface area contributed by atoms with Crippen molar-refractivity contribution < 1.29 is 4.74 Å². The summed E-state index contributed by atoms with van der Waals surface area (Å²) in [5.74, 6) is 1.77. The fourth-order valence-corrected chi connectivity index (χ4v) is 2.89. The standard InChI is InChI=1S/C22H31NO/c1-6-7-8-9-17-15-20(22(3,4)5)21(14-16(17)2)24-19-12-10-18(23)11-13-19/h10-15H,6-9,23H2,1-5H3. The summed E-state index contributed by atoms with van der Waals surface area (Å²) in [6.07, 6.45) is 4.93. The van der Waals surface area contributed by atoms with Gasteiger partial charge in [0.05, 0.1) is 0 Å². The molecule has 2 heteroatoms. The van der Waals surface area contributed by atoms with Gasteiger partial charge >= 0.3 is 0 Å². The molecule has 2 rings (SSSR count). The zero-order valence-corrected chi connectivity index (χ0v) is 15.8. The normalized spacial score (nSPS) is 11.5. The molecule has 2 aromatic carbocycles. The molecule has 0 radical (unpaired) electrons. The summed E-state index contributed by atoms with van der Waals surface area (Å²) in [7, 11) is 0. The van der Waals surface area contributed by atoms with E-state index in [2.05, 4.69) is 46.8 Å².